The van der Waals surface area contributed by atoms with E-state index in [9.17, 15) is 4.79 Å². The van der Waals surface area contributed by atoms with Gasteiger partial charge in [0.2, 0.25) is 5.82 Å². The maximum absolute atomic E-state index is 12.5. The van der Waals surface area contributed by atoms with Gasteiger partial charge in [-0.3, -0.25) is 4.79 Å². The number of carbonyl (C=O) groups excluding carboxylic acids is 1. The third-order valence-electron chi connectivity index (χ3n) is 4.81. The molecule has 140 valence electrons. The fourth-order valence-corrected chi connectivity index (χ4v) is 3.27. The monoisotopic (exact) mass is 367 g/mol. The van der Waals surface area contributed by atoms with Crippen molar-refractivity contribution in [2.45, 2.75) is 32.4 Å². The molecule has 0 radical (unpaired) electrons. The molecule has 1 saturated heterocycles. The lowest BCUT2D eigenvalue weighted by atomic mass is 10.1. The summed E-state index contributed by atoms with van der Waals surface area (Å²) in [5.74, 6) is 0.325. The van der Waals surface area contributed by atoms with E-state index in [-0.39, 0.29) is 5.91 Å². The van der Waals surface area contributed by atoms with Crippen molar-refractivity contribution >= 4 is 5.91 Å². The van der Waals surface area contributed by atoms with E-state index >= 15 is 0 Å². The number of hydrogen-bond donors (Lipinski definition) is 3. The Bertz CT molecular complexity index is 895. The van der Waals surface area contributed by atoms with E-state index in [1.54, 1.807) is 0 Å². The number of hydrogen-bond acceptors (Lipinski definition) is 7. The van der Waals surface area contributed by atoms with Crippen LogP contribution in [0.25, 0.3) is 11.4 Å². The predicted molar refractivity (Wildman–Crippen MR) is 96.7 cm³/mol. The fourth-order valence-electron chi connectivity index (χ4n) is 3.27. The Morgan fingerprint density at radius 3 is 2.70 bits per heavy atom. The summed E-state index contributed by atoms with van der Waals surface area (Å²) in [4.78, 5) is 12.5. The van der Waals surface area contributed by atoms with E-state index in [0.29, 0.717) is 24.1 Å². The highest BCUT2D eigenvalue weighted by atomic mass is 16.2. The first-order chi connectivity index (χ1) is 13.2. The fraction of sp³-hybridized carbons (Fsp3) is 0.412. The summed E-state index contributed by atoms with van der Waals surface area (Å²) in [5, 5.41) is 28.4. The van der Waals surface area contributed by atoms with Crippen molar-refractivity contribution < 1.29 is 4.79 Å². The van der Waals surface area contributed by atoms with Crippen molar-refractivity contribution in [1.29, 1.82) is 0 Å². The maximum atomic E-state index is 12.5. The summed E-state index contributed by atoms with van der Waals surface area (Å²) in [6.45, 7) is 4.23. The van der Waals surface area contributed by atoms with Crippen molar-refractivity contribution in [1.82, 2.24) is 46.3 Å². The average Bonchev–Trinajstić information content (AvgIpc) is 3.37. The Labute approximate surface area is 155 Å². The van der Waals surface area contributed by atoms with Gasteiger partial charge >= 0.3 is 0 Å². The second-order valence-electron chi connectivity index (χ2n) is 6.56. The Hall–Kier alpha value is -3.14. The first kappa shape index (κ1) is 17.3. The molecule has 4 rings (SSSR count). The van der Waals surface area contributed by atoms with Gasteiger partial charge in [-0.2, -0.15) is 5.21 Å². The third kappa shape index (κ3) is 3.70. The summed E-state index contributed by atoms with van der Waals surface area (Å²) in [5.41, 5.74) is 3.03. The molecular formula is C17H21N9O. The standard InChI is InChI=1S/C17H21N9O/c1-11-15(20-25-26(11)14-6-8-18-9-7-14)17(27)19-10-12-2-4-13(5-3-12)16-21-23-24-22-16/h2-5,14,18H,6-10H2,1H3,(H,19,27)(H,21,22,23,24). The topological polar surface area (TPSA) is 126 Å². The van der Waals surface area contributed by atoms with Gasteiger partial charge in [0.05, 0.1) is 11.7 Å². The van der Waals surface area contributed by atoms with E-state index in [1.807, 2.05) is 35.9 Å². The Morgan fingerprint density at radius 1 is 1.22 bits per heavy atom. The second-order valence-corrected chi connectivity index (χ2v) is 6.56. The lowest BCUT2D eigenvalue weighted by molar-refractivity contribution is 0.0945. The van der Waals surface area contributed by atoms with Gasteiger partial charge in [-0.1, -0.05) is 29.5 Å². The van der Waals surface area contributed by atoms with Crippen LogP contribution in [0.1, 0.15) is 40.6 Å². The maximum Gasteiger partial charge on any atom is 0.274 e. The smallest absolute Gasteiger partial charge is 0.274 e. The quantitative estimate of drug-likeness (QED) is 0.603. The number of aromatic nitrogens is 7. The molecule has 3 aromatic rings. The van der Waals surface area contributed by atoms with Crippen molar-refractivity contribution in [2.75, 3.05) is 13.1 Å². The van der Waals surface area contributed by atoms with Crippen LogP contribution in [-0.4, -0.2) is 54.6 Å². The number of carbonyl (C=O) groups is 1. The van der Waals surface area contributed by atoms with Crippen LogP contribution in [0.15, 0.2) is 24.3 Å². The van der Waals surface area contributed by atoms with Gasteiger partial charge in [0.25, 0.3) is 5.91 Å². The Balaban J connectivity index is 1.39. The van der Waals surface area contributed by atoms with Gasteiger partial charge in [0.15, 0.2) is 5.69 Å². The summed E-state index contributed by atoms with van der Waals surface area (Å²) in [6, 6.07) is 7.93. The van der Waals surface area contributed by atoms with Crippen molar-refractivity contribution in [3.63, 3.8) is 0 Å². The summed E-state index contributed by atoms with van der Waals surface area (Å²) < 4.78 is 1.88. The molecule has 0 spiro atoms. The van der Waals surface area contributed by atoms with Gasteiger partial charge in [-0.25, -0.2) is 4.68 Å². The van der Waals surface area contributed by atoms with Crippen molar-refractivity contribution in [2.24, 2.45) is 0 Å². The van der Waals surface area contributed by atoms with Crippen molar-refractivity contribution in [3.05, 3.63) is 41.2 Å². The number of aromatic amines is 1. The first-order valence-electron chi connectivity index (χ1n) is 8.96. The van der Waals surface area contributed by atoms with Crippen LogP contribution in [0.5, 0.6) is 0 Å². The molecule has 0 unspecified atom stereocenters. The van der Waals surface area contributed by atoms with Gasteiger partial charge in [0, 0.05) is 12.1 Å². The van der Waals surface area contributed by atoms with Gasteiger partial charge in [-0.05, 0) is 43.6 Å². The van der Waals surface area contributed by atoms with E-state index in [0.717, 1.165) is 42.8 Å². The highest BCUT2D eigenvalue weighted by Crippen LogP contribution is 2.20. The second kappa shape index (κ2) is 7.62. The molecule has 3 N–H and O–H groups in total. The number of H-pyrrole nitrogens is 1. The summed E-state index contributed by atoms with van der Waals surface area (Å²) in [6.07, 6.45) is 2.00. The number of tetrazole rings is 1. The zero-order valence-electron chi connectivity index (χ0n) is 15.0. The number of nitrogens with zero attached hydrogens (tertiary/aromatic N) is 6. The van der Waals surface area contributed by atoms with Crippen LogP contribution in [0.4, 0.5) is 0 Å². The zero-order chi connectivity index (χ0) is 18.6. The lowest BCUT2D eigenvalue weighted by Crippen LogP contribution is -2.30. The molecule has 1 fully saturated rings. The van der Waals surface area contributed by atoms with Crippen LogP contribution in [-0.2, 0) is 6.54 Å². The lowest BCUT2D eigenvalue weighted by Gasteiger charge is -2.23. The first-order valence-corrected chi connectivity index (χ1v) is 8.96. The van der Waals surface area contributed by atoms with Crippen LogP contribution in [0, 0.1) is 6.92 Å². The molecule has 0 saturated carbocycles. The molecule has 0 atom stereocenters. The van der Waals surface area contributed by atoms with Gasteiger partial charge < -0.3 is 10.6 Å². The molecule has 0 aliphatic carbocycles. The molecule has 10 heteroatoms. The molecule has 2 aromatic heterocycles. The Morgan fingerprint density at radius 2 is 2.00 bits per heavy atom. The largest absolute Gasteiger partial charge is 0.347 e. The van der Waals surface area contributed by atoms with Crippen molar-refractivity contribution in [3.8, 4) is 11.4 Å². The molecule has 0 bridgehead atoms. The molecule has 1 aromatic carbocycles. The summed E-state index contributed by atoms with van der Waals surface area (Å²) >= 11 is 0. The van der Waals surface area contributed by atoms with E-state index in [4.69, 9.17) is 0 Å². The predicted octanol–water partition coefficient (Wildman–Crippen LogP) is 0.621. The van der Waals surface area contributed by atoms with E-state index in [1.165, 1.54) is 0 Å². The molecule has 10 nitrogen and oxygen atoms in total. The van der Waals surface area contributed by atoms with Crippen LogP contribution >= 0.6 is 0 Å². The Kier molecular flexibility index (Phi) is 4.88. The zero-order valence-corrected chi connectivity index (χ0v) is 15.0. The normalized spacial score (nSPS) is 15.0. The number of nitrogens with one attached hydrogen (secondary N) is 3. The van der Waals surface area contributed by atoms with Crippen LogP contribution in [0.2, 0.25) is 0 Å². The van der Waals surface area contributed by atoms with Crippen LogP contribution in [0.3, 0.4) is 0 Å². The van der Waals surface area contributed by atoms with E-state index < -0.39 is 0 Å². The summed E-state index contributed by atoms with van der Waals surface area (Å²) in [7, 11) is 0. The molecule has 1 aliphatic heterocycles. The molecule has 27 heavy (non-hydrogen) atoms. The highest BCUT2D eigenvalue weighted by molar-refractivity contribution is 5.93. The number of piperidine rings is 1. The minimum absolute atomic E-state index is 0.213. The van der Waals surface area contributed by atoms with Crippen LogP contribution < -0.4 is 10.6 Å². The highest BCUT2D eigenvalue weighted by Gasteiger charge is 2.22. The molecule has 3 heterocycles. The molecular weight excluding hydrogens is 346 g/mol. The molecule has 1 aliphatic rings. The minimum Gasteiger partial charge on any atom is -0.347 e. The average molecular weight is 367 g/mol. The molecule has 1 amide bonds. The van der Waals surface area contributed by atoms with Gasteiger partial charge in [-0.15, -0.1) is 15.3 Å². The van der Waals surface area contributed by atoms with E-state index in [2.05, 4.69) is 41.6 Å². The number of rotatable bonds is 5. The third-order valence-corrected chi connectivity index (χ3v) is 4.81. The van der Waals surface area contributed by atoms with Gasteiger partial charge in [0.1, 0.15) is 0 Å². The SMILES string of the molecule is Cc1c(C(=O)NCc2ccc(-c3nn[nH]n3)cc2)nnn1C1CCNCC1. The number of amides is 1. The number of benzene rings is 1. The minimum atomic E-state index is -0.213.